The Hall–Kier alpha value is -8.52. The number of carbonyl (C=O) groups excluding carboxylic acids is 4. The Balaban J connectivity index is 0.000000136. The highest BCUT2D eigenvalue weighted by molar-refractivity contribution is 6.37. The van der Waals surface area contributed by atoms with Crippen LogP contribution in [0.3, 0.4) is 0 Å². The summed E-state index contributed by atoms with van der Waals surface area (Å²) in [5, 5.41) is 27.4. The molecule has 4 N–H and O–H groups in total. The lowest BCUT2D eigenvalue weighted by atomic mass is 10.00. The molecule has 4 heterocycles. The number of alkyl halides is 3. The molecule has 0 aromatic heterocycles. The zero-order valence-electron chi connectivity index (χ0n) is 44.4. The minimum absolute atomic E-state index is 0.0282. The molecule has 0 saturated heterocycles. The Morgan fingerprint density at radius 2 is 0.859 bits per heavy atom. The SMILES string of the molecule is CN1C(=O)CN=C(c2ccccc2)c2cc(Cl)ccc21.O=C1CN=C(c2ccccc2)c2cc(Cl)ccc2N1CC(F)(F)F.O=C1Nc2ccc(Cl)cc2C(c2ccccc2)=NC1O.O=C1Nc2ccc(Cl)cc2C(c2ccccc2Cl)=NC1O. The summed E-state index contributed by atoms with van der Waals surface area (Å²) in [4.78, 5) is 67.0. The van der Waals surface area contributed by atoms with Crippen molar-refractivity contribution in [1.82, 2.24) is 0 Å². The highest BCUT2D eigenvalue weighted by Gasteiger charge is 2.36. The molecule has 0 fully saturated rings. The quantitative estimate of drug-likeness (QED) is 0.133. The highest BCUT2D eigenvalue weighted by Crippen LogP contribution is 2.34. The summed E-state index contributed by atoms with van der Waals surface area (Å²) in [6.07, 6.45) is -7.44. The minimum atomic E-state index is -4.51. The van der Waals surface area contributed by atoms with Crippen molar-refractivity contribution < 1.29 is 42.6 Å². The van der Waals surface area contributed by atoms with Gasteiger partial charge in [0.1, 0.15) is 19.6 Å². The second-order valence-corrected chi connectivity index (χ2v) is 21.0. The minimum Gasteiger partial charge on any atom is -0.364 e. The van der Waals surface area contributed by atoms with E-state index in [1.165, 1.54) is 18.2 Å². The van der Waals surface area contributed by atoms with Crippen LogP contribution in [0.2, 0.25) is 25.1 Å². The van der Waals surface area contributed by atoms with E-state index in [4.69, 9.17) is 58.0 Å². The Bertz CT molecular complexity index is 3980. The number of anilines is 4. The van der Waals surface area contributed by atoms with Crippen LogP contribution in [0.5, 0.6) is 0 Å². The molecule has 8 aromatic carbocycles. The molecule has 0 aliphatic carbocycles. The average molecular weight is 1250 g/mol. The topological polar surface area (TPSA) is 189 Å². The predicted octanol–water partition coefficient (Wildman–Crippen LogP) is 12.8. The van der Waals surface area contributed by atoms with E-state index in [0.29, 0.717) is 86.3 Å². The number of amides is 4. The summed E-state index contributed by atoms with van der Waals surface area (Å²) in [5.74, 6) is -1.89. The Morgan fingerprint density at radius 3 is 1.34 bits per heavy atom. The van der Waals surface area contributed by atoms with Crippen molar-refractivity contribution in [3.05, 3.63) is 258 Å². The molecule has 14 nitrogen and oxygen atoms in total. The molecule has 2 atom stereocenters. The van der Waals surface area contributed by atoms with Gasteiger partial charge in [0.25, 0.3) is 11.8 Å². The molecule has 8 aromatic rings. The molecule has 12 rings (SSSR count). The van der Waals surface area contributed by atoms with E-state index in [-0.39, 0.29) is 24.7 Å². The van der Waals surface area contributed by atoms with Gasteiger partial charge in [0.15, 0.2) is 0 Å². The lowest BCUT2D eigenvalue weighted by Crippen LogP contribution is -2.40. The van der Waals surface area contributed by atoms with Gasteiger partial charge in [-0.05, 0) is 78.9 Å². The van der Waals surface area contributed by atoms with Gasteiger partial charge in [0.2, 0.25) is 24.3 Å². The zero-order chi connectivity index (χ0) is 60.5. The zero-order valence-corrected chi connectivity index (χ0v) is 48.2. The maximum Gasteiger partial charge on any atom is 0.406 e. The molecule has 22 heteroatoms. The maximum absolute atomic E-state index is 12.9. The van der Waals surface area contributed by atoms with Gasteiger partial charge in [0.05, 0.1) is 45.6 Å². The fourth-order valence-electron chi connectivity index (χ4n) is 9.12. The molecule has 0 bridgehead atoms. The number of hydrogen-bond acceptors (Lipinski definition) is 10. The summed E-state index contributed by atoms with van der Waals surface area (Å²) in [5.41, 5.74) is 10.0. The van der Waals surface area contributed by atoms with Crippen molar-refractivity contribution in [3.63, 3.8) is 0 Å². The van der Waals surface area contributed by atoms with Crippen LogP contribution >= 0.6 is 58.0 Å². The Morgan fingerprint density at radius 1 is 0.471 bits per heavy atom. The summed E-state index contributed by atoms with van der Waals surface area (Å²) in [6, 6.07) is 55.3. The van der Waals surface area contributed by atoms with E-state index in [0.717, 1.165) is 28.1 Å². The molecule has 0 saturated carbocycles. The summed E-state index contributed by atoms with van der Waals surface area (Å²) < 4.78 is 38.6. The number of nitrogens with zero attached hydrogens (tertiary/aromatic N) is 6. The van der Waals surface area contributed by atoms with Gasteiger partial charge in [-0.3, -0.25) is 29.2 Å². The van der Waals surface area contributed by atoms with Gasteiger partial charge in [0, 0.05) is 76.7 Å². The normalized spacial score (nSPS) is 16.2. The highest BCUT2D eigenvalue weighted by atomic mass is 35.5. The fraction of sp³-hybridized carbons (Fsp3) is 0.111. The molecule has 0 radical (unpaired) electrons. The van der Waals surface area contributed by atoms with Gasteiger partial charge < -0.3 is 30.6 Å². The lowest BCUT2D eigenvalue weighted by molar-refractivity contribution is -0.131. The number of fused-ring (bicyclic) bond motifs is 4. The summed E-state index contributed by atoms with van der Waals surface area (Å²) >= 11 is 30.4. The largest absolute Gasteiger partial charge is 0.406 e. The second-order valence-electron chi connectivity index (χ2n) is 18.8. The number of carbonyl (C=O) groups is 4. The van der Waals surface area contributed by atoms with E-state index < -0.39 is 42.9 Å². The average Bonchev–Trinajstić information content (AvgIpc) is 3.14. The lowest BCUT2D eigenvalue weighted by Gasteiger charge is -2.24. The van der Waals surface area contributed by atoms with Gasteiger partial charge in [-0.1, -0.05) is 167 Å². The molecular formula is C63H46Cl5F3N8O6. The van der Waals surface area contributed by atoms with Gasteiger partial charge >= 0.3 is 6.18 Å². The molecule has 2 unspecified atom stereocenters. The van der Waals surface area contributed by atoms with E-state index in [9.17, 15) is 42.6 Å². The third-order valence-corrected chi connectivity index (χ3v) is 14.3. The molecular weight excluding hydrogens is 1200 g/mol. The number of halogens is 8. The Kier molecular flexibility index (Phi) is 19.4. The molecule has 430 valence electrons. The first-order chi connectivity index (χ1) is 40.7. The molecule has 85 heavy (non-hydrogen) atoms. The first kappa shape index (κ1) is 61.1. The molecule has 0 spiro atoms. The number of benzene rings is 8. The van der Waals surface area contributed by atoms with Crippen LogP contribution in [-0.2, 0) is 19.2 Å². The first-order valence-corrected chi connectivity index (χ1v) is 27.6. The van der Waals surface area contributed by atoms with Crippen LogP contribution in [0.25, 0.3) is 0 Å². The second kappa shape index (κ2) is 27.0. The van der Waals surface area contributed by atoms with Gasteiger partial charge in [-0.25, -0.2) is 9.98 Å². The van der Waals surface area contributed by atoms with E-state index in [2.05, 4.69) is 30.6 Å². The van der Waals surface area contributed by atoms with Gasteiger partial charge in [-0.2, -0.15) is 13.2 Å². The number of nitrogens with one attached hydrogen (secondary N) is 2. The third kappa shape index (κ3) is 14.9. The number of aliphatic imine (C=N–C) groups is 4. The van der Waals surface area contributed by atoms with Crippen LogP contribution in [0, 0.1) is 0 Å². The smallest absolute Gasteiger partial charge is 0.364 e. The van der Waals surface area contributed by atoms with Crippen molar-refractivity contribution in [2.24, 2.45) is 20.0 Å². The molecule has 4 aliphatic rings. The van der Waals surface area contributed by atoms with Crippen molar-refractivity contribution in [3.8, 4) is 0 Å². The monoisotopic (exact) mass is 1240 g/mol. The Labute approximate surface area is 510 Å². The number of aliphatic hydroxyl groups excluding tert-OH is 2. The fourth-order valence-corrected chi connectivity index (χ4v) is 10.0. The first-order valence-electron chi connectivity index (χ1n) is 25.7. The summed E-state index contributed by atoms with van der Waals surface area (Å²) in [6.45, 7) is -1.57. The number of hydrogen-bond donors (Lipinski definition) is 4. The van der Waals surface area contributed by atoms with Crippen LogP contribution < -0.4 is 20.4 Å². The van der Waals surface area contributed by atoms with Crippen molar-refractivity contribution in [2.45, 2.75) is 18.6 Å². The van der Waals surface area contributed by atoms with Crippen LogP contribution in [0.4, 0.5) is 35.9 Å². The van der Waals surface area contributed by atoms with Crippen LogP contribution in [0.1, 0.15) is 44.5 Å². The van der Waals surface area contributed by atoms with E-state index in [1.807, 2.05) is 78.9 Å². The van der Waals surface area contributed by atoms with E-state index >= 15 is 0 Å². The predicted molar refractivity (Wildman–Crippen MR) is 330 cm³/mol. The molecule has 4 amide bonds. The molecule has 4 aliphatic heterocycles. The van der Waals surface area contributed by atoms with Crippen LogP contribution in [-0.4, -0.2) is 102 Å². The number of aliphatic hydroxyl groups is 2. The number of rotatable bonds is 5. The van der Waals surface area contributed by atoms with Crippen molar-refractivity contribution >= 4 is 127 Å². The van der Waals surface area contributed by atoms with Crippen molar-refractivity contribution in [1.29, 1.82) is 0 Å². The van der Waals surface area contributed by atoms with Gasteiger partial charge in [-0.15, -0.1) is 0 Å². The number of benzodiazepines with no additional fused rings is 4. The summed E-state index contributed by atoms with van der Waals surface area (Å²) in [7, 11) is 1.76. The van der Waals surface area contributed by atoms with Crippen molar-refractivity contribution in [2.75, 3.05) is 47.1 Å². The van der Waals surface area contributed by atoms with Crippen LogP contribution in [0.15, 0.2) is 208 Å². The standard InChI is InChI=1S/C17H12ClF3N2O.C16H13ClN2O.C15H10Cl2N2O2.C15H11ClN2O2/c18-12-6-7-14-13(8-12)16(11-4-2-1-3-5-11)22-9-15(24)23(14)10-17(19,20)21;1-19-14-8-7-12(17)9-13(14)16(18-10-15(19)20)11-5-3-2-4-6-11;16-8-5-6-12-10(7-8)13(19-15(21)14(20)18-12)9-3-1-2-4-11(9)17;16-10-6-7-12-11(8-10)13(9-4-2-1-3-5-9)18-15(20)14(19)17-12/h1-8H,9-10H2;2-9H,10H2,1H3;1-7,15,21H,(H,18,20);1-8,15,20H,(H,17,19). The third-order valence-electron chi connectivity index (χ3n) is 13.1. The van der Waals surface area contributed by atoms with E-state index in [1.54, 1.807) is 103 Å². The maximum atomic E-state index is 12.9. The number of likely N-dealkylation sites (N-methyl/N-ethyl adjacent to an activating group) is 1.